The summed E-state index contributed by atoms with van der Waals surface area (Å²) in [6, 6.07) is 3.28. The molecule has 2 N–H and O–H groups in total. The Kier molecular flexibility index (Phi) is 5.19. The molecule has 2 aliphatic heterocycles. The van der Waals surface area contributed by atoms with Crippen LogP contribution in [0.15, 0.2) is 18.3 Å². The summed E-state index contributed by atoms with van der Waals surface area (Å²) in [6.07, 6.45) is 2.43. The van der Waals surface area contributed by atoms with Crippen molar-refractivity contribution in [2.45, 2.75) is 38.0 Å². The average Bonchev–Trinajstić information content (AvgIpc) is 3.15. The van der Waals surface area contributed by atoms with Gasteiger partial charge in [0.15, 0.2) is 5.82 Å². The number of nitrogens with one attached hydrogen (secondary N) is 1. The molecule has 0 bridgehead atoms. The van der Waals surface area contributed by atoms with Crippen LogP contribution in [0.25, 0.3) is 22.3 Å². The molecule has 1 aromatic carbocycles. The van der Waals surface area contributed by atoms with Crippen LogP contribution in [0.2, 0.25) is 5.02 Å². The minimum Gasteiger partial charge on any atom is -0.389 e. The number of hydrogen-bond acceptors (Lipinski definition) is 7. The third-order valence-electron chi connectivity index (χ3n) is 6.05. The monoisotopic (exact) mass is 446 g/mol. The number of aliphatic hydroxyl groups is 1. The average molecular weight is 447 g/mol. The van der Waals surface area contributed by atoms with Gasteiger partial charge in [0.2, 0.25) is 11.9 Å². The molecule has 0 saturated carbocycles. The second kappa shape index (κ2) is 7.89. The van der Waals surface area contributed by atoms with E-state index in [1.807, 2.05) is 18.0 Å². The molecule has 10 heteroatoms. The molecule has 0 radical (unpaired) electrons. The van der Waals surface area contributed by atoms with E-state index in [1.54, 1.807) is 0 Å². The van der Waals surface area contributed by atoms with Gasteiger partial charge in [-0.05, 0) is 31.9 Å². The van der Waals surface area contributed by atoms with Gasteiger partial charge in [-0.25, -0.2) is 19.3 Å². The van der Waals surface area contributed by atoms with Gasteiger partial charge < -0.3 is 24.6 Å². The Balaban J connectivity index is 1.57. The summed E-state index contributed by atoms with van der Waals surface area (Å²) in [4.78, 5) is 15.4. The molecule has 0 unspecified atom stereocenters. The SMILES string of the molecule is C[C@@H]1CCN(C)c2nc3c(F)cc(-c4nc(N[C@@H]5CCOC[C@H]5O)ncc4Cl)cc3n21. The van der Waals surface area contributed by atoms with Crippen LogP contribution in [-0.4, -0.2) is 63.6 Å². The fourth-order valence-electron chi connectivity index (χ4n) is 4.29. The van der Waals surface area contributed by atoms with E-state index in [1.165, 1.54) is 12.3 Å². The van der Waals surface area contributed by atoms with E-state index in [-0.39, 0.29) is 18.7 Å². The molecule has 0 spiro atoms. The quantitative estimate of drug-likeness (QED) is 0.638. The Labute approximate surface area is 184 Å². The molecule has 8 nitrogen and oxygen atoms in total. The molecule has 0 amide bonds. The van der Waals surface area contributed by atoms with Crippen molar-refractivity contribution in [2.75, 3.05) is 37.0 Å². The third kappa shape index (κ3) is 3.60. The maximum atomic E-state index is 15.1. The number of benzene rings is 1. The van der Waals surface area contributed by atoms with Crippen molar-refractivity contribution in [3.63, 3.8) is 0 Å². The summed E-state index contributed by atoms with van der Waals surface area (Å²) >= 11 is 6.40. The number of aromatic nitrogens is 4. The lowest BCUT2D eigenvalue weighted by Gasteiger charge is -2.30. The van der Waals surface area contributed by atoms with Gasteiger partial charge in [0.25, 0.3) is 0 Å². The standard InChI is InChI=1S/C21H24ClFN6O2/c1-11-3-5-28(2)21-27-19-14(23)7-12(8-16(19)29(11)21)18-13(22)9-24-20(26-18)25-15-4-6-31-10-17(15)30/h7-9,11,15,17,30H,3-6,10H2,1-2H3,(H,24,25,26)/t11-,15-,17-/m1/s1. The summed E-state index contributed by atoms with van der Waals surface area (Å²) in [5.41, 5.74) is 2.03. The van der Waals surface area contributed by atoms with Crippen LogP contribution in [0.3, 0.4) is 0 Å². The highest BCUT2D eigenvalue weighted by Crippen LogP contribution is 2.36. The van der Waals surface area contributed by atoms with Crippen LogP contribution >= 0.6 is 11.6 Å². The minimum absolute atomic E-state index is 0.207. The van der Waals surface area contributed by atoms with Gasteiger partial charge in [0.1, 0.15) is 5.52 Å². The Hall–Kier alpha value is -2.49. The number of rotatable bonds is 3. The molecule has 0 aliphatic carbocycles. The second-order valence-electron chi connectivity index (χ2n) is 8.24. The van der Waals surface area contributed by atoms with Gasteiger partial charge in [-0.1, -0.05) is 11.6 Å². The number of imidazole rings is 1. The second-order valence-corrected chi connectivity index (χ2v) is 8.65. The first-order valence-corrected chi connectivity index (χ1v) is 10.8. The summed E-state index contributed by atoms with van der Waals surface area (Å²) in [7, 11) is 1.96. The molecule has 31 heavy (non-hydrogen) atoms. The molecule has 3 aromatic rings. The Bertz CT molecular complexity index is 1140. The molecule has 5 rings (SSSR count). The van der Waals surface area contributed by atoms with E-state index in [0.717, 1.165) is 18.9 Å². The summed E-state index contributed by atoms with van der Waals surface area (Å²) < 4.78 is 22.4. The number of ether oxygens (including phenoxy) is 1. The number of nitrogens with zero attached hydrogens (tertiary/aromatic N) is 5. The van der Waals surface area contributed by atoms with Gasteiger partial charge in [0, 0.05) is 31.8 Å². The van der Waals surface area contributed by atoms with E-state index in [4.69, 9.17) is 16.3 Å². The predicted octanol–water partition coefficient (Wildman–Crippen LogP) is 3.25. The Morgan fingerprint density at radius 2 is 2.13 bits per heavy atom. The van der Waals surface area contributed by atoms with E-state index < -0.39 is 11.9 Å². The van der Waals surface area contributed by atoms with Crippen molar-refractivity contribution >= 4 is 34.5 Å². The van der Waals surface area contributed by atoms with E-state index in [0.29, 0.717) is 46.3 Å². The Morgan fingerprint density at radius 3 is 2.94 bits per heavy atom. The fourth-order valence-corrected chi connectivity index (χ4v) is 4.49. The van der Waals surface area contributed by atoms with Crippen molar-refractivity contribution < 1.29 is 14.2 Å². The number of hydrogen-bond donors (Lipinski definition) is 2. The van der Waals surface area contributed by atoms with Crippen molar-refractivity contribution in [1.29, 1.82) is 0 Å². The highest BCUT2D eigenvalue weighted by molar-refractivity contribution is 6.33. The van der Waals surface area contributed by atoms with E-state index in [2.05, 4.69) is 31.8 Å². The highest BCUT2D eigenvalue weighted by atomic mass is 35.5. The van der Waals surface area contributed by atoms with Gasteiger partial charge in [0.05, 0.1) is 41.2 Å². The zero-order chi connectivity index (χ0) is 21.7. The van der Waals surface area contributed by atoms with Crippen LogP contribution < -0.4 is 10.2 Å². The molecule has 4 heterocycles. The van der Waals surface area contributed by atoms with Crippen LogP contribution in [-0.2, 0) is 4.74 Å². The lowest BCUT2D eigenvalue weighted by atomic mass is 10.1. The lowest BCUT2D eigenvalue weighted by Crippen LogP contribution is -2.42. The molecule has 164 valence electrons. The molecular weight excluding hydrogens is 423 g/mol. The number of fused-ring (bicyclic) bond motifs is 3. The first-order valence-electron chi connectivity index (χ1n) is 10.4. The first-order chi connectivity index (χ1) is 14.9. The van der Waals surface area contributed by atoms with E-state index >= 15 is 4.39 Å². The molecule has 2 aromatic heterocycles. The van der Waals surface area contributed by atoms with Crippen LogP contribution in [0.4, 0.5) is 16.3 Å². The minimum atomic E-state index is -0.651. The lowest BCUT2D eigenvalue weighted by molar-refractivity contribution is -0.0136. The fraction of sp³-hybridized carbons (Fsp3) is 0.476. The first kappa shape index (κ1) is 20.4. The van der Waals surface area contributed by atoms with Gasteiger partial charge in [-0.15, -0.1) is 0 Å². The van der Waals surface area contributed by atoms with Crippen molar-refractivity contribution in [3.05, 3.63) is 29.2 Å². The maximum Gasteiger partial charge on any atom is 0.223 e. The maximum absolute atomic E-state index is 15.1. The summed E-state index contributed by atoms with van der Waals surface area (Å²) in [5, 5.41) is 13.6. The van der Waals surface area contributed by atoms with Crippen molar-refractivity contribution in [1.82, 2.24) is 19.5 Å². The van der Waals surface area contributed by atoms with Crippen molar-refractivity contribution in [3.8, 4) is 11.3 Å². The molecule has 1 saturated heterocycles. The topological polar surface area (TPSA) is 88.3 Å². The normalized spacial score (nSPS) is 23.8. The smallest absolute Gasteiger partial charge is 0.223 e. The zero-order valence-electron chi connectivity index (χ0n) is 17.3. The molecule has 2 aliphatic rings. The number of aliphatic hydroxyl groups excluding tert-OH is 1. The van der Waals surface area contributed by atoms with Crippen LogP contribution in [0.5, 0.6) is 0 Å². The summed E-state index contributed by atoms with van der Waals surface area (Å²) in [6.45, 7) is 3.81. The molecule has 1 fully saturated rings. The largest absolute Gasteiger partial charge is 0.389 e. The van der Waals surface area contributed by atoms with Gasteiger partial charge >= 0.3 is 0 Å². The molecule has 3 atom stereocenters. The van der Waals surface area contributed by atoms with Crippen molar-refractivity contribution in [2.24, 2.45) is 0 Å². The molecular formula is C21H24ClFN6O2. The summed E-state index contributed by atoms with van der Waals surface area (Å²) in [5.74, 6) is 0.669. The van der Waals surface area contributed by atoms with Crippen LogP contribution in [0.1, 0.15) is 25.8 Å². The number of anilines is 2. The van der Waals surface area contributed by atoms with Gasteiger partial charge in [-0.3, -0.25) is 0 Å². The highest BCUT2D eigenvalue weighted by Gasteiger charge is 2.27. The van der Waals surface area contributed by atoms with Crippen LogP contribution in [0, 0.1) is 5.82 Å². The number of halogens is 2. The Morgan fingerprint density at radius 1 is 1.29 bits per heavy atom. The zero-order valence-corrected chi connectivity index (χ0v) is 18.1. The van der Waals surface area contributed by atoms with E-state index in [9.17, 15) is 5.11 Å². The van der Waals surface area contributed by atoms with Gasteiger partial charge in [-0.2, -0.15) is 0 Å². The predicted molar refractivity (Wildman–Crippen MR) is 117 cm³/mol. The third-order valence-corrected chi connectivity index (χ3v) is 6.33.